The molecule has 0 bridgehead atoms. The Kier molecular flexibility index (Phi) is 4.12. The van der Waals surface area contributed by atoms with Gasteiger partial charge in [-0.25, -0.2) is 13.6 Å². The van der Waals surface area contributed by atoms with Gasteiger partial charge in [0, 0.05) is 25.7 Å². The van der Waals surface area contributed by atoms with E-state index in [0.717, 1.165) is 38.4 Å². The van der Waals surface area contributed by atoms with Crippen LogP contribution in [0.5, 0.6) is 0 Å². The quantitative estimate of drug-likeness (QED) is 0.864. The summed E-state index contributed by atoms with van der Waals surface area (Å²) in [6.07, 6.45) is 3.18. The van der Waals surface area contributed by atoms with E-state index in [1.54, 1.807) is 4.90 Å². The fourth-order valence-corrected chi connectivity index (χ4v) is 2.10. The second-order valence-electron chi connectivity index (χ2n) is 4.48. The number of likely N-dealkylation sites (tertiary alicyclic amines) is 1. The number of halogens is 2. The standard InChI is InChI=1S/C13H16F2N2O/c14-11-6-10(7-12(15)8-11)9-16-13(18)17-4-2-1-3-5-17/h6-8H,1-5,9H2,(H,16,18). The second kappa shape index (κ2) is 5.80. The molecule has 0 aliphatic carbocycles. The van der Waals surface area contributed by atoms with Gasteiger partial charge in [0.2, 0.25) is 0 Å². The van der Waals surface area contributed by atoms with E-state index in [9.17, 15) is 13.6 Å². The van der Waals surface area contributed by atoms with Crippen LogP contribution in [0.15, 0.2) is 18.2 Å². The number of benzene rings is 1. The summed E-state index contributed by atoms with van der Waals surface area (Å²) >= 11 is 0. The highest BCUT2D eigenvalue weighted by molar-refractivity contribution is 5.74. The number of hydrogen-bond acceptors (Lipinski definition) is 1. The van der Waals surface area contributed by atoms with E-state index in [1.165, 1.54) is 12.1 Å². The molecule has 1 saturated heterocycles. The zero-order valence-corrected chi connectivity index (χ0v) is 10.1. The fraction of sp³-hybridized carbons (Fsp3) is 0.462. The van der Waals surface area contributed by atoms with Crippen molar-refractivity contribution in [2.24, 2.45) is 0 Å². The Balaban J connectivity index is 1.88. The van der Waals surface area contributed by atoms with Crippen LogP contribution in [0.3, 0.4) is 0 Å². The molecule has 0 radical (unpaired) electrons. The van der Waals surface area contributed by atoms with E-state index in [0.29, 0.717) is 5.56 Å². The number of urea groups is 1. The molecule has 3 nitrogen and oxygen atoms in total. The molecule has 0 unspecified atom stereocenters. The first-order chi connectivity index (χ1) is 8.65. The average Bonchev–Trinajstić information content (AvgIpc) is 2.36. The second-order valence-corrected chi connectivity index (χ2v) is 4.48. The zero-order valence-electron chi connectivity index (χ0n) is 10.1. The van der Waals surface area contributed by atoms with Gasteiger partial charge in [-0.05, 0) is 37.0 Å². The summed E-state index contributed by atoms with van der Waals surface area (Å²) in [6.45, 7) is 1.65. The fourth-order valence-electron chi connectivity index (χ4n) is 2.10. The Hall–Kier alpha value is -1.65. The van der Waals surface area contributed by atoms with Crippen molar-refractivity contribution in [3.63, 3.8) is 0 Å². The summed E-state index contributed by atoms with van der Waals surface area (Å²) in [5.74, 6) is -1.26. The highest BCUT2D eigenvalue weighted by Crippen LogP contribution is 2.10. The average molecular weight is 254 g/mol. The number of hydrogen-bond donors (Lipinski definition) is 1. The van der Waals surface area contributed by atoms with Crippen molar-refractivity contribution in [2.45, 2.75) is 25.8 Å². The van der Waals surface area contributed by atoms with Crippen LogP contribution in [-0.2, 0) is 6.54 Å². The van der Waals surface area contributed by atoms with Crippen LogP contribution in [0.4, 0.5) is 13.6 Å². The predicted molar refractivity (Wildman–Crippen MR) is 64.0 cm³/mol. The lowest BCUT2D eigenvalue weighted by Crippen LogP contribution is -2.42. The number of nitrogens with zero attached hydrogens (tertiary/aromatic N) is 1. The van der Waals surface area contributed by atoms with Crippen LogP contribution >= 0.6 is 0 Å². The molecule has 1 fully saturated rings. The maximum Gasteiger partial charge on any atom is 0.317 e. The van der Waals surface area contributed by atoms with Crippen molar-refractivity contribution >= 4 is 6.03 Å². The Bertz CT molecular complexity index is 411. The molecule has 1 aromatic rings. The molecule has 2 amide bonds. The smallest absolute Gasteiger partial charge is 0.317 e. The van der Waals surface area contributed by atoms with Gasteiger partial charge in [-0.3, -0.25) is 0 Å². The topological polar surface area (TPSA) is 32.3 Å². The molecule has 1 N–H and O–H groups in total. The lowest BCUT2D eigenvalue weighted by Gasteiger charge is -2.26. The van der Waals surface area contributed by atoms with Gasteiger partial charge in [-0.2, -0.15) is 0 Å². The highest BCUT2D eigenvalue weighted by Gasteiger charge is 2.15. The molecule has 18 heavy (non-hydrogen) atoms. The van der Waals surface area contributed by atoms with E-state index < -0.39 is 11.6 Å². The minimum Gasteiger partial charge on any atom is -0.334 e. The highest BCUT2D eigenvalue weighted by atomic mass is 19.1. The maximum atomic E-state index is 12.9. The van der Waals surface area contributed by atoms with Gasteiger partial charge in [0.05, 0.1) is 0 Å². The van der Waals surface area contributed by atoms with Crippen molar-refractivity contribution in [3.05, 3.63) is 35.4 Å². The number of nitrogens with one attached hydrogen (secondary N) is 1. The molecule has 1 aliphatic heterocycles. The van der Waals surface area contributed by atoms with Crippen LogP contribution in [0.25, 0.3) is 0 Å². The number of rotatable bonds is 2. The molecule has 1 aliphatic rings. The van der Waals surface area contributed by atoms with Crippen LogP contribution in [-0.4, -0.2) is 24.0 Å². The molecule has 1 heterocycles. The van der Waals surface area contributed by atoms with Crippen molar-refractivity contribution < 1.29 is 13.6 Å². The van der Waals surface area contributed by atoms with Gasteiger partial charge in [-0.1, -0.05) is 0 Å². The van der Waals surface area contributed by atoms with Gasteiger partial charge in [0.15, 0.2) is 0 Å². The molecule has 2 rings (SSSR count). The van der Waals surface area contributed by atoms with Crippen molar-refractivity contribution in [2.75, 3.05) is 13.1 Å². The van der Waals surface area contributed by atoms with Crippen LogP contribution in [0.1, 0.15) is 24.8 Å². The van der Waals surface area contributed by atoms with Crippen LogP contribution in [0.2, 0.25) is 0 Å². The summed E-state index contributed by atoms with van der Waals surface area (Å²) < 4.78 is 25.9. The molecule has 0 atom stereocenters. The maximum absolute atomic E-state index is 12.9. The summed E-state index contributed by atoms with van der Waals surface area (Å²) in [5, 5.41) is 2.68. The molecular formula is C13H16F2N2O. The van der Waals surface area contributed by atoms with Crippen molar-refractivity contribution in [1.29, 1.82) is 0 Å². The Labute approximate surface area is 105 Å². The summed E-state index contributed by atoms with van der Waals surface area (Å²) in [7, 11) is 0. The summed E-state index contributed by atoms with van der Waals surface area (Å²) in [5.41, 5.74) is 0.429. The van der Waals surface area contributed by atoms with E-state index in [-0.39, 0.29) is 12.6 Å². The first-order valence-corrected chi connectivity index (χ1v) is 6.13. The SMILES string of the molecule is O=C(NCc1cc(F)cc(F)c1)N1CCCCC1. The van der Waals surface area contributed by atoms with Crippen LogP contribution < -0.4 is 5.32 Å². The molecule has 1 aromatic carbocycles. The Morgan fingerprint density at radius 1 is 1.11 bits per heavy atom. The molecule has 5 heteroatoms. The van der Waals surface area contributed by atoms with E-state index in [1.807, 2.05) is 0 Å². The first kappa shape index (κ1) is 12.8. The third-order valence-electron chi connectivity index (χ3n) is 3.01. The van der Waals surface area contributed by atoms with Gasteiger partial charge in [-0.15, -0.1) is 0 Å². The van der Waals surface area contributed by atoms with Gasteiger partial charge in [0.1, 0.15) is 11.6 Å². The normalized spacial score (nSPS) is 15.6. The minimum absolute atomic E-state index is 0.143. The van der Waals surface area contributed by atoms with Crippen molar-refractivity contribution in [3.8, 4) is 0 Å². The predicted octanol–water partition coefficient (Wildman–Crippen LogP) is 2.66. The molecular weight excluding hydrogens is 238 g/mol. The third kappa shape index (κ3) is 3.42. The number of carbonyl (C=O) groups excluding carboxylic acids is 1. The van der Waals surface area contributed by atoms with E-state index >= 15 is 0 Å². The van der Waals surface area contributed by atoms with Gasteiger partial charge >= 0.3 is 6.03 Å². The first-order valence-electron chi connectivity index (χ1n) is 6.13. The van der Waals surface area contributed by atoms with Crippen LogP contribution in [0, 0.1) is 11.6 Å². The third-order valence-corrected chi connectivity index (χ3v) is 3.01. The molecule has 98 valence electrons. The van der Waals surface area contributed by atoms with Crippen molar-refractivity contribution in [1.82, 2.24) is 10.2 Å². The van der Waals surface area contributed by atoms with E-state index in [2.05, 4.69) is 5.32 Å². The number of piperidine rings is 1. The summed E-state index contributed by atoms with van der Waals surface area (Å²) in [4.78, 5) is 13.5. The van der Waals surface area contributed by atoms with Gasteiger partial charge in [0.25, 0.3) is 0 Å². The molecule has 0 saturated carbocycles. The lowest BCUT2D eigenvalue weighted by molar-refractivity contribution is 0.186. The monoisotopic (exact) mass is 254 g/mol. The largest absolute Gasteiger partial charge is 0.334 e. The Morgan fingerprint density at radius 3 is 2.33 bits per heavy atom. The Morgan fingerprint density at radius 2 is 1.72 bits per heavy atom. The lowest BCUT2D eigenvalue weighted by atomic mass is 10.1. The minimum atomic E-state index is -0.628. The zero-order chi connectivity index (χ0) is 13.0. The molecule has 0 spiro atoms. The van der Waals surface area contributed by atoms with Gasteiger partial charge < -0.3 is 10.2 Å². The molecule has 0 aromatic heterocycles. The number of amides is 2. The number of carbonyl (C=O) groups is 1. The summed E-state index contributed by atoms with van der Waals surface area (Å²) in [6, 6.07) is 3.09. The van der Waals surface area contributed by atoms with E-state index in [4.69, 9.17) is 0 Å².